The molecule has 1 N–H and O–H groups in total. The zero-order valence-corrected chi connectivity index (χ0v) is 4.38. The highest BCUT2D eigenvalue weighted by Crippen LogP contribution is 2.17. The van der Waals surface area contributed by atoms with Crippen LogP contribution in [0.15, 0.2) is 0 Å². The van der Waals surface area contributed by atoms with Gasteiger partial charge in [-0.25, -0.2) is 0 Å². The van der Waals surface area contributed by atoms with Gasteiger partial charge >= 0.3 is 7.30 Å². The largest absolute Gasteiger partial charge is 0.553 e. The van der Waals surface area contributed by atoms with Crippen LogP contribution in [-0.4, -0.2) is 7.05 Å². The molecular weight excluding hydrogens is 108 g/mol. The number of rotatable bonds is 1. The zero-order valence-electron chi connectivity index (χ0n) is 2.73. The fraction of sp³-hybridized carbons (Fsp3) is 1.00. The number of halogens is 1. The number of hydrogen-bond acceptors (Lipinski definition) is 1. The molecule has 0 saturated carbocycles. The summed E-state index contributed by atoms with van der Waals surface area (Å²) < 4.78 is 9.61. The van der Waals surface area contributed by atoms with Crippen molar-refractivity contribution in [2.45, 2.75) is 0 Å². The SMILES string of the molecule is CN[P+](=O)Cl. The average Bonchev–Trinajstić information content (AvgIpc) is 1.38. The summed E-state index contributed by atoms with van der Waals surface area (Å²) in [6.45, 7) is 0. The average molecular weight is 112 g/mol. The van der Waals surface area contributed by atoms with Crippen molar-refractivity contribution in [1.82, 2.24) is 5.09 Å². The molecule has 2 nitrogen and oxygen atoms in total. The lowest BCUT2D eigenvalue weighted by Crippen LogP contribution is -1.83. The molecule has 0 aliphatic heterocycles. The van der Waals surface area contributed by atoms with Crippen LogP contribution in [0.2, 0.25) is 0 Å². The van der Waals surface area contributed by atoms with E-state index in [4.69, 9.17) is 11.2 Å². The Balaban J connectivity index is 2.85. The lowest BCUT2D eigenvalue weighted by molar-refractivity contribution is 0.591. The topological polar surface area (TPSA) is 29.1 Å². The van der Waals surface area contributed by atoms with Crippen molar-refractivity contribution in [2.24, 2.45) is 0 Å². The second-order valence-electron chi connectivity index (χ2n) is 0.468. The van der Waals surface area contributed by atoms with E-state index in [1.807, 2.05) is 0 Å². The van der Waals surface area contributed by atoms with Gasteiger partial charge in [0.15, 0.2) is 0 Å². The van der Waals surface area contributed by atoms with Gasteiger partial charge in [0.1, 0.15) is 0 Å². The Morgan fingerprint density at radius 2 is 2.20 bits per heavy atom. The van der Waals surface area contributed by atoms with E-state index in [9.17, 15) is 4.57 Å². The summed E-state index contributed by atoms with van der Waals surface area (Å²) in [5.41, 5.74) is 0. The Kier molecular flexibility index (Phi) is 2.76. The van der Waals surface area contributed by atoms with Crippen LogP contribution in [0.4, 0.5) is 0 Å². The van der Waals surface area contributed by atoms with Crippen molar-refractivity contribution < 1.29 is 4.57 Å². The second kappa shape index (κ2) is 2.58. The van der Waals surface area contributed by atoms with Crippen molar-refractivity contribution in [2.75, 3.05) is 7.05 Å². The van der Waals surface area contributed by atoms with Gasteiger partial charge in [-0.05, 0) is 4.57 Å². The summed E-state index contributed by atoms with van der Waals surface area (Å²) in [7, 11) is -0.0926. The highest BCUT2D eigenvalue weighted by molar-refractivity contribution is 7.72. The predicted molar refractivity (Wildman–Crippen MR) is 22.5 cm³/mol. The maximum absolute atomic E-state index is 9.61. The maximum Gasteiger partial charge on any atom is 0.553 e. The highest BCUT2D eigenvalue weighted by Gasteiger charge is 2.00. The van der Waals surface area contributed by atoms with E-state index in [0.717, 1.165) is 0 Å². The van der Waals surface area contributed by atoms with Crippen LogP contribution in [-0.2, 0) is 4.57 Å². The Morgan fingerprint density at radius 3 is 2.20 bits per heavy atom. The number of nitrogens with one attached hydrogen (secondary N) is 1. The Bertz CT molecular complexity index is 46.9. The molecule has 0 aromatic heterocycles. The normalized spacial score (nSPS) is 11.2. The third-order valence-corrected chi connectivity index (χ3v) is 1.03. The van der Waals surface area contributed by atoms with Gasteiger partial charge < -0.3 is 0 Å². The van der Waals surface area contributed by atoms with Gasteiger partial charge in [0, 0.05) is 7.05 Å². The van der Waals surface area contributed by atoms with Gasteiger partial charge in [-0.3, -0.25) is 0 Å². The number of hydrogen-bond donors (Lipinski definition) is 1. The van der Waals surface area contributed by atoms with E-state index in [2.05, 4.69) is 5.09 Å². The molecule has 0 heterocycles. The minimum absolute atomic E-state index is 1.53. The quantitative estimate of drug-likeness (QED) is 0.515. The molecule has 30 valence electrons. The van der Waals surface area contributed by atoms with Gasteiger partial charge in [-0.2, -0.15) is 0 Å². The van der Waals surface area contributed by atoms with E-state index < -0.39 is 7.30 Å². The van der Waals surface area contributed by atoms with Crippen LogP contribution < -0.4 is 5.09 Å². The lowest BCUT2D eigenvalue weighted by Gasteiger charge is -1.55. The summed E-state index contributed by atoms with van der Waals surface area (Å²) in [5.74, 6) is 0. The standard InChI is InChI=1S/CH4ClNOP/c1-3-5(2)4/h1H3,(H,3,4)/q+1. The van der Waals surface area contributed by atoms with Gasteiger partial charge in [0.2, 0.25) is 11.2 Å². The van der Waals surface area contributed by atoms with E-state index in [0.29, 0.717) is 0 Å². The van der Waals surface area contributed by atoms with Crippen LogP contribution in [0.5, 0.6) is 0 Å². The summed E-state index contributed by atoms with van der Waals surface area (Å²) in [6.07, 6.45) is 0. The summed E-state index contributed by atoms with van der Waals surface area (Å²) in [5, 5.41) is 2.30. The molecule has 0 aromatic carbocycles. The van der Waals surface area contributed by atoms with Crippen molar-refractivity contribution >= 4 is 18.5 Å². The first-order valence-electron chi connectivity index (χ1n) is 1.08. The summed E-state index contributed by atoms with van der Waals surface area (Å²) in [6, 6.07) is 0. The van der Waals surface area contributed by atoms with Crippen LogP contribution in [0.1, 0.15) is 0 Å². The molecule has 4 heteroatoms. The van der Waals surface area contributed by atoms with Crippen molar-refractivity contribution in [1.29, 1.82) is 0 Å². The summed E-state index contributed by atoms with van der Waals surface area (Å²) in [4.78, 5) is 0. The molecule has 0 radical (unpaired) electrons. The fourth-order valence-corrected chi connectivity index (χ4v) is 0. The molecule has 0 spiro atoms. The van der Waals surface area contributed by atoms with Crippen molar-refractivity contribution in [3.05, 3.63) is 0 Å². The monoisotopic (exact) mass is 112 g/mol. The Labute approximate surface area is 36.1 Å². The first kappa shape index (κ1) is 5.35. The van der Waals surface area contributed by atoms with E-state index in [-0.39, 0.29) is 0 Å². The second-order valence-corrected chi connectivity index (χ2v) is 2.33. The third kappa shape index (κ3) is 4.35. The summed E-state index contributed by atoms with van der Waals surface area (Å²) >= 11 is 4.86. The first-order valence-corrected chi connectivity index (χ1v) is 3.24. The maximum atomic E-state index is 9.61. The lowest BCUT2D eigenvalue weighted by atomic mass is 11.6. The van der Waals surface area contributed by atoms with Crippen molar-refractivity contribution in [3.63, 3.8) is 0 Å². The first-order chi connectivity index (χ1) is 2.27. The van der Waals surface area contributed by atoms with Gasteiger partial charge in [0.05, 0.1) is 0 Å². The molecule has 0 aliphatic carbocycles. The van der Waals surface area contributed by atoms with Crippen LogP contribution in [0.3, 0.4) is 0 Å². The van der Waals surface area contributed by atoms with Crippen LogP contribution >= 0.6 is 18.5 Å². The van der Waals surface area contributed by atoms with Gasteiger partial charge in [-0.1, -0.05) is 5.09 Å². The minimum atomic E-state index is -1.63. The zero-order chi connectivity index (χ0) is 4.28. The molecule has 0 fully saturated rings. The minimum Gasteiger partial charge on any atom is -0.0954 e. The van der Waals surface area contributed by atoms with Crippen LogP contribution in [0.25, 0.3) is 0 Å². The molecular formula is CH4ClNOP+. The molecule has 0 amide bonds. The molecule has 0 rings (SSSR count). The molecule has 1 unspecified atom stereocenters. The van der Waals surface area contributed by atoms with E-state index in [1.54, 1.807) is 0 Å². The predicted octanol–water partition coefficient (Wildman–Crippen LogP) is 1.10. The Hall–Kier alpha value is 0.350. The van der Waals surface area contributed by atoms with Crippen molar-refractivity contribution in [3.8, 4) is 0 Å². The molecule has 0 saturated heterocycles. The molecule has 5 heavy (non-hydrogen) atoms. The Morgan fingerprint density at radius 1 is 2.00 bits per heavy atom. The molecule has 1 atom stereocenters. The van der Waals surface area contributed by atoms with Gasteiger partial charge in [-0.15, -0.1) is 0 Å². The van der Waals surface area contributed by atoms with Crippen LogP contribution in [0, 0.1) is 0 Å². The molecule has 0 aliphatic rings. The molecule has 0 aromatic rings. The van der Waals surface area contributed by atoms with E-state index in [1.165, 1.54) is 7.05 Å². The molecule has 0 bridgehead atoms. The van der Waals surface area contributed by atoms with E-state index >= 15 is 0 Å². The third-order valence-electron chi connectivity index (χ3n) is 0.176. The van der Waals surface area contributed by atoms with Gasteiger partial charge in [0.25, 0.3) is 0 Å². The highest BCUT2D eigenvalue weighted by atomic mass is 35.7. The fourth-order valence-electron chi connectivity index (χ4n) is 0. The smallest absolute Gasteiger partial charge is 0.0954 e.